The zero-order valence-electron chi connectivity index (χ0n) is 14.2. The van der Waals surface area contributed by atoms with Crippen LogP contribution in [0.5, 0.6) is 17.2 Å². The molecular weight excluding hydrogens is 316 g/mol. The maximum atomic E-state index is 12.2. The summed E-state index contributed by atoms with van der Waals surface area (Å²) in [6.45, 7) is 1.63. The maximum Gasteiger partial charge on any atom is 0.337 e. The lowest BCUT2D eigenvalue weighted by Crippen LogP contribution is -2.45. The summed E-state index contributed by atoms with van der Waals surface area (Å²) in [5.74, 6) is 0.803. The molecule has 8 nitrogen and oxygen atoms in total. The van der Waals surface area contributed by atoms with Crippen LogP contribution >= 0.6 is 0 Å². The second kappa shape index (κ2) is 7.12. The Morgan fingerprint density at radius 2 is 1.58 bits per heavy atom. The van der Waals surface area contributed by atoms with Crippen molar-refractivity contribution in [2.45, 2.75) is 13.0 Å². The van der Waals surface area contributed by atoms with Gasteiger partial charge in [-0.2, -0.15) is 0 Å². The van der Waals surface area contributed by atoms with Gasteiger partial charge in [0, 0.05) is 17.3 Å². The number of allylic oxidation sites excluding steroid dienone is 1. The minimum atomic E-state index is -0.749. The van der Waals surface area contributed by atoms with E-state index >= 15 is 0 Å². The molecule has 1 heterocycles. The largest absolute Gasteiger partial charge is 0.496 e. The van der Waals surface area contributed by atoms with Crippen molar-refractivity contribution in [3.63, 3.8) is 0 Å². The maximum absolute atomic E-state index is 12.2. The molecule has 2 N–H and O–H groups in total. The van der Waals surface area contributed by atoms with Crippen molar-refractivity contribution in [2.75, 3.05) is 28.4 Å². The molecule has 1 aliphatic rings. The third-order valence-electron chi connectivity index (χ3n) is 3.72. The molecule has 1 atom stereocenters. The number of hydrogen-bond acceptors (Lipinski definition) is 6. The van der Waals surface area contributed by atoms with Crippen molar-refractivity contribution in [3.05, 3.63) is 29.0 Å². The smallest absolute Gasteiger partial charge is 0.337 e. The highest BCUT2D eigenvalue weighted by Crippen LogP contribution is 2.40. The first-order chi connectivity index (χ1) is 11.5. The third-order valence-corrected chi connectivity index (χ3v) is 3.72. The van der Waals surface area contributed by atoms with Crippen LogP contribution in [0.15, 0.2) is 23.4 Å². The highest BCUT2D eigenvalue weighted by Gasteiger charge is 2.34. The molecule has 0 aromatic heterocycles. The second-order valence-corrected chi connectivity index (χ2v) is 5.01. The van der Waals surface area contributed by atoms with Crippen LogP contribution in [0, 0.1) is 0 Å². The zero-order chi connectivity index (χ0) is 17.9. The van der Waals surface area contributed by atoms with E-state index in [1.54, 1.807) is 19.1 Å². The van der Waals surface area contributed by atoms with Crippen LogP contribution in [0.4, 0.5) is 4.79 Å². The molecular formula is C16H20N2O6. The summed E-state index contributed by atoms with van der Waals surface area (Å²) >= 11 is 0. The zero-order valence-corrected chi connectivity index (χ0v) is 14.2. The number of rotatable bonds is 5. The lowest BCUT2D eigenvalue weighted by atomic mass is 9.94. The number of carbonyl (C=O) groups excluding carboxylic acids is 2. The van der Waals surface area contributed by atoms with Crippen LogP contribution in [0.3, 0.4) is 0 Å². The van der Waals surface area contributed by atoms with Crippen LogP contribution in [0.2, 0.25) is 0 Å². The van der Waals surface area contributed by atoms with Gasteiger partial charge in [0.05, 0.1) is 40.1 Å². The summed E-state index contributed by atoms with van der Waals surface area (Å²) in [6.07, 6.45) is 0. The van der Waals surface area contributed by atoms with Crippen LogP contribution in [-0.4, -0.2) is 40.4 Å². The molecule has 0 bridgehead atoms. The highest BCUT2D eigenvalue weighted by atomic mass is 16.5. The van der Waals surface area contributed by atoms with Gasteiger partial charge in [-0.05, 0) is 13.0 Å². The SMILES string of the molecule is COC(=O)C1=C(C)NC(=O)N[C@H]1c1cc(OC)c(OC)cc1OC. The van der Waals surface area contributed by atoms with Gasteiger partial charge in [0.1, 0.15) is 5.75 Å². The third kappa shape index (κ3) is 3.08. The molecule has 130 valence electrons. The predicted molar refractivity (Wildman–Crippen MR) is 85.2 cm³/mol. The Kier molecular flexibility index (Phi) is 5.18. The van der Waals surface area contributed by atoms with Gasteiger partial charge >= 0.3 is 12.0 Å². The first-order valence-electron chi connectivity index (χ1n) is 7.13. The Hall–Kier alpha value is -2.90. The van der Waals surface area contributed by atoms with Crippen molar-refractivity contribution in [1.82, 2.24) is 10.6 Å². The molecule has 2 rings (SSSR count). The van der Waals surface area contributed by atoms with Gasteiger partial charge in [0.25, 0.3) is 0 Å². The fourth-order valence-corrected chi connectivity index (χ4v) is 2.59. The van der Waals surface area contributed by atoms with Gasteiger partial charge in [0.15, 0.2) is 11.5 Å². The van der Waals surface area contributed by atoms with E-state index in [4.69, 9.17) is 18.9 Å². The van der Waals surface area contributed by atoms with Gasteiger partial charge in [-0.3, -0.25) is 0 Å². The first-order valence-corrected chi connectivity index (χ1v) is 7.13. The Labute approximate surface area is 139 Å². The summed E-state index contributed by atoms with van der Waals surface area (Å²) in [4.78, 5) is 24.1. The van der Waals surface area contributed by atoms with E-state index in [1.807, 2.05) is 0 Å². The number of nitrogens with one attached hydrogen (secondary N) is 2. The van der Waals surface area contributed by atoms with E-state index in [9.17, 15) is 9.59 Å². The number of hydrogen-bond donors (Lipinski definition) is 2. The fourth-order valence-electron chi connectivity index (χ4n) is 2.59. The summed E-state index contributed by atoms with van der Waals surface area (Å²) in [6, 6.07) is 2.11. The fraction of sp³-hybridized carbons (Fsp3) is 0.375. The quantitative estimate of drug-likeness (QED) is 0.792. The van der Waals surface area contributed by atoms with Crippen LogP contribution in [0.25, 0.3) is 0 Å². The summed E-state index contributed by atoms with van der Waals surface area (Å²) < 4.78 is 20.8. The Morgan fingerprint density at radius 3 is 2.12 bits per heavy atom. The van der Waals surface area contributed by atoms with E-state index in [-0.39, 0.29) is 5.57 Å². The Morgan fingerprint density at radius 1 is 1.00 bits per heavy atom. The van der Waals surface area contributed by atoms with Crippen LogP contribution in [0.1, 0.15) is 18.5 Å². The molecule has 0 spiro atoms. The number of urea groups is 1. The Bertz CT molecular complexity index is 698. The van der Waals surface area contributed by atoms with Gasteiger partial charge in [0.2, 0.25) is 0 Å². The van der Waals surface area contributed by atoms with Crippen molar-refractivity contribution in [1.29, 1.82) is 0 Å². The van der Waals surface area contributed by atoms with Crippen molar-refractivity contribution in [2.24, 2.45) is 0 Å². The molecule has 0 radical (unpaired) electrons. The van der Waals surface area contributed by atoms with Crippen LogP contribution < -0.4 is 24.8 Å². The number of methoxy groups -OCH3 is 4. The van der Waals surface area contributed by atoms with Gasteiger partial charge in [-0.1, -0.05) is 0 Å². The number of amides is 2. The van der Waals surface area contributed by atoms with E-state index in [0.717, 1.165) is 0 Å². The first kappa shape index (κ1) is 17.5. The van der Waals surface area contributed by atoms with Gasteiger partial charge in [-0.15, -0.1) is 0 Å². The number of carbonyl (C=O) groups is 2. The van der Waals surface area contributed by atoms with Gasteiger partial charge in [-0.25, -0.2) is 9.59 Å². The molecule has 0 saturated carbocycles. The van der Waals surface area contributed by atoms with Gasteiger partial charge < -0.3 is 29.6 Å². The molecule has 2 amide bonds. The summed E-state index contributed by atoms with van der Waals surface area (Å²) in [7, 11) is 5.77. The molecule has 1 aromatic carbocycles. The molecule has 0 unspecified atom stereocenters. The Balaban J connectivity index is 2.65. The van der Waals surface area contributed by atoms with Crippen molar-refractivity contribution in [3.8, 4) is 17.2 Å². The van der Waals surface area contributed by atoms with E-state index in [0.29, 0.717) is 28.5 Å². The lowest BCUT2D eigenvalue weighted by Gasteiger charge is -2.29. The average Bonchev–Trinajstić information content (AvgIpc) is 2.59. The molecule has 0 saturated heterocycles. The average molecular weight is 336 g/mol. The van der Waals surface area contributed by atoms with Crippen LogP contribution in [-0.2, 0) is 9.53 Å². The lowest BCUT2D eigenvalue weighted by molar-refractivity contribution is -0.136. The highest BCUT2D eigenvalue weighted by molar-refractivity contribution is 5.95. The number of ether oxygens (including phenoxy) is 4. The van der Waals surface area contributed by atoms with E-state index < -0.39 is 18.0 Å². The molecule has 24 heavy (non-hydrogen) atoms. The van der Waals surface area contributed by atoms with Crippen molar-refractivity contribution >= 4 is 12.0 Å². The van der Waals surface area contributed by atoms with E-state index in [2.05, 4.69) is 10.6 Å². The molecule has 8 heteroatoms. The topological polar surface area (TPSA) is 95.1 Å². The van der Waals surface area contributed by atoms with E-state index in [1.165, 1.54) is 28.4 Å². The molecule has 0 fully saturated rings. The predicted octanol–water partition coefficient (Wildman–Crippen LogP) is 1.51. The summed E-state index contributed by atoms with van der Waals surface area (Å²) in [5, 5.41) is 5.27. The second-order valence-electron chi connectivity index (χ2n) is 5.01. The molecule has 1 aliphatic heterocycles. The molecule has 1 aromatic rings. The summed E-state index contributed by atoms with van der Waals surface area (Å²) in [5.41, 5.74) is 1.24. The monoisotopic (exact) mass is 336 g/mol. The minimum absolute atomic E-state index is 0.280. The number of benzene rings is 1. The van der Waals surface area contributed by atoms with Crippen molar-refractivity contribution < 1.29 is 28.5 Å². The number of esters is 1. The normalized spacial score (nSPS) is 16.9. The minimum Gasteiger partial charge on any atom is -0.496 e. The standard InChI is InChI=1S/C16H20N2O6/c1-8-13(15(19)24-5)14(18-16(20)17-8)9-6-11(22-3)12(23-4)7-10(9)21-2/h6-7,14H,1-5H3,(H2,17,18,20)/t14-/m0/s1. The molecule has 0 aliphatic carbocycles.